The zero-order chi connectivity index (χ0) is 20.2. The molecule has 2 aliphatic heterocycles. The molecule has 152 valence electrons. The van der Waals surface area contributed by atoms with Crippen molar-refractivity contribution in [1.82, 2.24) is 4.90 Å². The molecule has 0 bridgehead atoms. The number of amides is 1. The van der Waals surface area contributed by atoms with E-state index in [-0.39, 0.29) is 12.5 Å². The van der Waals surface area contributed by atoms with Gasteiger partial charge in [-0.3, -0.25) is 9.69 Å². The molecule has 0 radical (unpaired) electrons. The molecule has 1 amide bonds. The summed E-state index contributed by atoms with van der Waals surface area (Å²) >= 11 is 0. The molecule has 4 rings (SSSR count). The lowest BCUT2D eigenvalue weighted by molar-refractivity contribution is -0.118. The Balaban J connectivity index is 1.27. The van der Waals surface area contributed by atoms with Gasteiger partial charge in [-0.1, -0.05) is 35.9 Å². The number of carbonyl (C=O) groups excluding carboxylic acids is 1. The summed E-state index contributed by atoms with van der Waals surface area (Å²) in [4.78, 5) is 16.0. The van der Waals surface area contributed by atoms with E-state index >= 15 is 0 Å². The number of ether oxygens (including phenoxy) is 1. The van der Waals surface area contributed by atoms with Gasteiger partial charge in [0.15, 0.2) is 6.61 Å². The van der Waals surface area contributed by atoms with Crippen LogP contribution in [0.2, 0.25) is 0 Å². The van der Waals surface area contributed by atoms with Crippen LogP contribution in [0.3, 0.4) is 0 Å². The second-order valence-electron chi connectivity index (χ2n) is 7.64. The first-order chi connectivity index (χ1) is 14.1. The lowest BCUT2D eigenvalue weighted by Crippen LogP contribution is -2.48. The van der Waals surface area contributed by atoms with Gasteiger partial charge in [0.05, 0.1) is 11.8 Å². The molecule has 6 nitrogen and oxygen atoms in total. The highest BCUT2D eigenvalue weighted by Crippen LogP contribution is 2.29. The van der Waals surface area contributed by atoms with E-state index < -0.39 is 6.10 Å². The van der Waals surface area contributed by atoms with Crippen LogP contribution >= 0.6 is 0 Å². The summed E-state index contributed by atoms with van der Waals surface area (Å²) in [7, 11) is 0. The molecular formula is C23H27N3O3. The lowest BCUT2D eigenvalue weighted by atomic mass is 10.1. The summed E-state index contributed by atoms with van der Waals surface area (Å²) in [5, 5.41) is 13.2. The van der Waals surface area contributed by atoms with E-state index in [1.165, 1.54) is 11.3 Å². The minimum Gasteiger partial charge on any atom is -0.482 e. The van der Waals surface area contributed by atoms with Crippen molar-refractivity contribution in [3.8, 4) is 5.75 Å². The number of piperazine rings is 1. The van der Waals surface area contributed by atoms with Crippen molar-refractivity contribution in [3.05, 3.63) is 59.7 Å². The smallest absolute Gasteiger partial charge is 0.262 e. The number of benzene rings is 2. The molecule has 0 aromatic heterocycles. The molecule has 2 aromatic carbocycles. The molecule has 0 aliphatic carbocycles. The minimum absolute atomic E-state index is 0.0390. The van der Waals surface area contributed by atoms with Gasteiger partial charge in [0.2, 0.25) is 0 Å². The monoisotopic (exact) mass is 393 g/mol. The Morgan fingerprint density at radius 1 is 1.14 bits per heavy atom. The van der Waals surface area contributed by atoms with Crippen molar-refractivity contribution < 1.29 is 14.6 Å². The van der Waals surface area contributed by atoms with Gasteiger partial charge in [-0.15, -0.1) is 0 Å². The van der Waals surface area contributed by atoms with Crippen LogP contribution in [-0.4, -0.2) is 61.3 Å². The topological polar surface area (TPSA) is 65.0 Å². The molecule has 2 heterocycles. The Kier molecular flexibility index (Phi) is 5.83. The van der Waals surface area contributed by atoms with Crippen LogP contribution in [0.4, 0.5) is 11.4 Å². The summed E-state index contributed by atoms with van der Waals surface area (Å²) in [5.41, 5.74) is 4.16. The van der Waals surface area contributed by atoms with Crippen molar-refractivity contribution in [1.29, 1.82) is 0 Å². The van der Waals surface area contributed by atoms with Crippen LogP contribution in [-0.2, 0) is 4.79 Å². The number of nitrogens with zero attached hydrogens (tertiary/aromatic N) is 2. The summed E-state index contributed by atoms with van der Waals surface area (Å²) in [5.74, 6) is 0.521. The van der Waals surface area contributed by atoms with Crippen LogP contribution in [0.15, 0.2) is 48.5 Å². The third-order valence-electron chi connectivity index (χ3n) is 5.37. The number of hydrogen-bond acceptors (Lipinski definition) is 5. The largest absolute Gasteiger partial charge is 0.482 e. The van der Waals surface area contributed by atoms with Crippen LogP contribution < -0.4 is 15.0 Å². The highest BCUT2D eigenvalue weighted by molar-refractivity contribution is 5.95. The maximum atomic E-state index is 11.3. The molecule has 2 aromatic rings. The average Bonchev–Trinajstić information content (AvgIpc) is 2.73. The van der Waals surface area contributed by atoms with E-state index in [0.29, 0.717) is 18.0 Å². The second kappa shape index (κ2) is 8.68. The number of aryl methyl sites for hydroxylation is 1. The van der Waals surface area contributed by atoms with Gasteiger partial charge < -0.3 is 20.1 Å². The molecule has 0 unspecified atom stereocenters. The van der Waals surface area contributed by atoms with Crippen molar-refractivity contribution in [2.45, 2.75) is 13.0 Å². The summed E-state index contributed by atoms with van der Waals surface area (Å²) in [6, 6.07) is 14.2. The van der Waals surface area contributed by atoms with Gasteiger partial charge in [0.1, 0.15) is 5.75 Å². The highest BCUT2D eigenvalue weighted by atomic mass is 16.5. The molecule has 6 heteroatoms. The Morgan fingerprint density at radius 3 is 2.66 bits per heavy atom. The van der Waals surface area contributed by atoms with Gasteiger partial charge in [-0.25, -0.2) is 0 Å². The maximum absolute atomic E-state index is 11.3. The van der Waals surface area contributed by atoms with Crippen LogP contribution in [0.5, 0.6) is 5.75 Å². The number of carbonyl (C=O) groups is 1. The fourth-order valence-electron chi connectivity index (χ4n) is 3.69. The van der Waals surface area contributed by atoms with Gasteiger partial charge in [0, 0.05) is 38.4 Å². The van der Waals surface area contributed by atoms with Gasteiger partial charge in [-0.05, 0) is 36.8 Å². The van der Waals surface area contributed by atoms with Crippen molar-refractivity contribution in [3.63, 3.8) is 0 Å². The number of anilines is 2. The van der Waals surface area contributed by atoms with Gasteiger partial charge >= 0.3 is 0 Å². The Hall–Kier alpha value is -2.83. The van der Waals surface area contributed by atoms with Crippen LogP contribution in [0, 0.1) is 6.92 Å². The van der Waals surface area contributed by atoms with E-state index in [2.05, 4.69) is 46.3 Å². The SMILES string of the molecule is Cc1ccc(N2CCN(C[C@@H](O)/C=C/c3ccc4c(c3)OCC(=O)N4)CC2)cc1. The Morgan fingerprint density at radius 2 is 1.90 bits per heavy atom. The molecule has 29 heavy (non-hydrogen) atoms. The van der Waals surface area contributed by atoms with Gasteiger partial charge in [0.25, 0.3) is 5.91 Å². The first kappa shape index (κ1) is 19.5. The summed E-state index contributed by atoms with van der Waals surface area (Å²) < 4.78 is 5.44. The molecule has 1 fully saturated rings. The minimum atomic E-state index is -0.530. The third-order valence-corrected chi connectivity index (χ3v) is 5.37. The number of nitrogens with one attached hydrogen (secondary N) is 1. The van der Waals surface area contributed by atoms with Crippen molar-refractivity contribution >= 4 is 23.4 Å². The van der Waals surface area contributed by atoms with E-state index in [9.17, 15) is 9.90 Å². The highest BCUT2D eigenvalue weighted by Gasteiger charge is 2.19. The average molecular weight is 393 g/mol. The molecule has 0 saturated carbocycles. The summed E-state index contributed by atoms with van der Waals surface area (Å²) in [6.07, 6.45) is 3.18. The fraction of sp³-hybridized carbons (Fsp3) is 0.348. The standard InChI is InChI=1S/C23H27N3O3/c1-17-2-6-19(7-3-17)26-12-10-25(11-13-26)15-20(27)8-4-18-5-9-21-22(14-18)29-16-23(28)24-21/h2-9,14,20,27H,10-13,15-16H2,1H3,(H,24,28)/b8-4+/t20-/m0/s1. The number of rotatable bonds is 5. The summed E-state index contributed by atoms with van der Waals surface area (Å²) in [6.45, 7) is 6.57. The molecular weight excluding hydrogens is 366 g/mol. The van der Waals surface area contributed by atoms with Crippen molar-refractivity contribution in [2.75, 3.05) is 49.5 Å². The number of fused-ring (bicyclic) bond motifs is 1. The van der Waals surface area contributed by atoms with Gasteiger partial charge in [-0.2, -0.15) is 0 Å². The third kappa shape index (κ3) is 4.96. The normalized spacial score (nSPS) is 18.3. The fourth-order valence-corrected chi connectivity index (χ4v) is 3.69. The Bertz CT molecular complexity index is 887. The zero-order valence-electron chi connectivity index (χ0n) is 16.7. The number of hydrogen-bond donors (Lipinski definition) is 2. The predicted molar refractivity (Wildman–Crippen MR) is 115 cm³/mol. The second-order valence-corrected chi connectivity index (χ2v) is 7.64. The quantitative estimate of drug-likeness (QED) is 0.817. The zero-order valence-corrected chi connectivity index (χ0v) is 16.7. The first-order valence-electron chi connectivity index (χ1n) is 10.0. The molecule has 0 spiro atoms. The van der Waals surface area contributed by atoms with Crippen molar-refractivity contribution in [2.24, 2.45) is 0 Å². The number of aliphatic hydroxyl groups is 1. The first-order valence-corrected chi connectivity index (χ1v) is 10.0. The van der Waals surface area contributed by atoms with E-state index in [1.807, 2.05) is 30.4 Å². The maximum Gasteiger partial charge on any atom is 0.262 e. The predicted octanol–water partition coefficient (Wildman–Crippen LogP) is 2.52. The molecule has 1 saturated heterocycles. The molecule has 2 N–H and O–H groups in total. The van der Waals surface area contributed by atoms with Crippen LogP contribution in [0.25, 0.3) is 6.08 Å². The van der Waals surface area contributed by atoms with E-state index in [0.717, 1.165) is 31.7 Å². The lowest BCUT2D eigenvalue weighted by Gasteiger charge is -2.36. The number of β-amino-alcohol motifs (C(OH)–C–C–N with tert-alkyl or cyclic N) is 1. The van der Waals surface area contributed by atoms with E-state index in [1.54, 1.807) is 0 Å². The van der Waals surface area contributed by atoms with Crippen LogP contribution in [0.1, 0.15) is 11.1 Å². The number of aliphatic hydroxyl groups excluding tert-OH is 1. The van der Waals surface area contributed by atoms with E-state index in [4.69, 9.17) is 4.74 Å². The Labute approximate surface area is 171 Å². The molecule has 1 atom stereocenters. The molecule has 2 aliphatic rings.